The molecule has 18 heavy (non-hydrogen) atoms. The molecule has 1 aromatic carbocycles. The molecule has 5 nitrogen and oxygen atoms in total. The molecule has 0 fully saturated rings. The van der Waals surface area contributed by atoms with Gasteiger partial charge in [0.25, 0.3) is 0 Å². The van der Waals surface area contributed by atoms with Gasteiger partial charge in [-0.2, -0.15) is 0 Å². The molecule has 7 heteroatoms. The molecular formula is C11H10BrFN4O. The van der Waals surface area contributed by atoms with Crippen LogP contribution in [-0.4, -0.2) is 9.97 Å². The molecule has 2 rings (SSSR count). The van der Waals surface area contributed by atoms with Gasteiger partial charge in [0.2, 0.25) is 5.88 Å². The van der Waals surface area contributed by atoms with Crippen LogP contribution in [0.2, 0.25) is 0 Å². The maximum Gasteiger partial charge on any atom is 0.227 e. The molecular weight excluding hydrogens is 303 g/mol. The summed E-state index contributed by atoms with van der Waals surface area (Å²) in [5, 5.41) is 0. The number of anilines is 1. The molecule has 1 heterocycles. The van der Waals surface area contributed by atoms with Crippen LogP contribution in [0.15, 0.2) is 29.0 Å². The van der Waals surface area contributed by atoms with Gasteiger partial charge in [-0.3, -0.25) is 0 Å². The van der Waals surface area contributed by atoms with Gasteiger partial charge in [0.15, 0.2) is 0 Å². The number of halogens is 2. The van der Waals surface area contributed by atoms with E-state index in [4.69, 9.17) is 10.6 Å². The first-order chi connectivity index (χ1) is 8.61. The molecule has 0 aliphatic heterocycles. The van der Waals surface area contributed by atoms with Crippen molar-refractivity contribution in [2.75, 3.05) is 5.43 Å². The Labute approximate surface area is 111 Å². The number of ether oxygens (including phenoxy) is 1. The second kappa shape index (κ2) is 5.28. The Morgan fingerprint density at radius 2 is 2.17 bits per heavy atom. The maximum atomic E-state index is 13.1. The summed E-state index contributed by atoms with van der Waals surface area (Å²) in [7, 11) is 0. The molecule has 2 aromatic rings. The van der Waals surface area contributed by atoms with Crippen LogP contribution in [0.3, 0.4) is 0 Å². The number of hydrogen-bond donors (Lipinski definition) is 2. The third kappa shape index (κ3) is 2.57. The summed E-state index contributed by atoms with van der Waals surface area (Å²) in [6.45, 7) is 1.75. The van der Waals surface area contributed by atoms with Crippen molar-refractivity contribution in [1.29, 1.82) is 0 Å². The van der Waals surface area contributed by atoms with E-state index in [1.807, 2.05) is 0 Å². The average Bonchev–Trinajstić information content (AvgIpc) is 2.36. The lowest BCUT2D eigenvalue weighted by Gasteiger charge is -2.10. The van der Waals surface area contributed by atoms with Gasteiger partial charge in [0.05, 0.1) is 10.0 Å². The van der Waals surface area contributed by atoms with E-state index in [2.05, 4.69) is 31.3 Å². The zero-order chi connectivity index (χ0) is 13.1. The van der Waals surface area contributed by atoms with Gasteiger partial charge < -0.3 is 10.2 Å². The number of aromatic nitrogens is 2. The first-order valence-electron chi connectivity index (χ1n) is 5.03. The summed E-state index contributed by atoms with van der Waals surface area (Å²) in [6.07, 6.45) is 1.31. The first-order valence-corrected chi connectivity index (χ1v) is 5.82. The fourth-order valence-corrected chi connectivity index (χ4v) is 1.67. The number of hydrogen-bond acceptors (Lipinski definition) is 5. The van der Waals surface area contributed by atoms with Crippen LogP contribution in [-0.2, 0) is 0 Å². The van der Waals surface area contributed by atoms with Crippen LogP contribution in [0.1, 0.15) is 5.56 Å². The standard InChI is InChI=1S/C11H10BrFN4O/c1-6-10(17-14)15-5-16-11(6)18-9-4-7(13)2-3-8(9)12/h2-5H,14H2,1H3,(H,15,16,17). The molecule has 0 radical (unpaired) electrons. The van der Waals surface area contributed by atoms with Crippen molar-refractivity contribution >= 4 is 21.7 Å². The van der Waals surface area contributed by atoms with Gasteiger partial charge in [0.1, 0.15) is 23.7 Å². The second-order valence-electron chi connectivity index (χ2n) is 3.47. The average molecular weight is 313 g/mol. The minimum Gasteiger partial charge on any atom is -0.437 e. The van der Waals surface area contributed by atoms with Gasteiger partial charge in [-0.25, -0.2) is 20.2 Å². The minimum atomic E-state index is -0.392. The quantitative estimate of drug-likeness (QED) is 0.673. The van der Waals surface area contributed by atoms with Crippen LogP contribution in [0, 0.1) is 12.7 Å². The predicted octanol–water partition coefficient (Wildman–Crippen LogP) is 2.76. The Kier molecular flexibility index (Phi) is 3.73. The second-order valence-corrected chi connectivity index (χ2v) is 4.33. The van der Waals surface area contributed by atoms with E-state index in [9.17, 15) is 4.39 Å². The zero-order valence-electron chi connectivity index (χ0n) is 9.45. The summed E-state index contributed by atoms with van der Waals surface area (Å²) in [5.41, 5.74) is 3.07. The molecule has 0 amide bonds. The van der Waals surface area contributed by atoms with Crippen molar-refractivity contribution in [1.82, 2.24) is 9.97 Å². The van der Waals surface area contributed by atoms with E-state index in [1.54, 1.807) is 13.0 Å². The lowest BCUT2D eigenvalue weighted by molar-refractivity contribution is 0.450. The van der Waals surface area contributed by atoms with Gasteiger partial charge in [0, 0.05) is 6.07 Å². The Morgan fingerprint density at radius 3 is 2.89 bits per heavy atom. The van der Waals surface area contributed by atoms with Crippen LogP contribution in [0.25, 0.3) is 0 Å². The number of rotatable bonds is 3. The molecule has 0 bridgehead atoms. The number of nitrogens with two attached hydrogens (primary N) is 1. The Balaban J connectivity index is 2.37. The largest absolute Gasteiger partial charge is 0.437 e. The fourth-order valence-electron chi connectivity index (χ4n) is 1.34. The van der Waals surface area contributed by atoms with Gasteiger partial charge in [-0.1, -0.05) is 0 Å². The third-order valence-electron chi connectivity index (χ3n) is 2.27. The summed E-state index contributed by atoms with van der Waals surface area (Å²) in [5.74, 6) is 6.00. The minimum absolute atomic E-state index is 0.309. The molecule has 0 aliphatic carbocycles. The van der Waals surface area contributed by atoms with Crippen LogP contribution < -0.4 is 16.0 Å². The number of nitrogen functional groups attached to an aromatic ring is 1. The lowest BCUT2D eigenvalue weighted by Crippen LogP contribution is -2.11. The number of benzene rings is 1. The van der Waals surface area contributed by atoms with E-state index >= 15 is 0 Å². The van der Waals surface area contributed by atoms with Crippen LogP contribution in [0.5, 0.6) is 11.6 Å². The summed E-state index contributed by atoms with van der Waals surface area (Å²) < 4.78 is 19.3. The van der Waals surface area contributed by atoms with E-state index in [-0.39, 0.29) is 0 Å². The highest BCUT2D eigenvalue weighted by molar-refractivity contribution is 9.10. The van der Waals surface area contributed by atoms with Gasteiger partial charge in [-0.15, -0.1) is 0 Å². The molecule has 0 atom stereocenters. The maximum absolute atomic E-state index is 13.1. The highest BCUT2D eigenvalue weighted by atomic mass is 79.9. The van der Waals surface area contributed by atoms with Crippen molar-refractivity contribution in [3.63, 3.8) is 0 Å². The van der Waals surface area contributed by atoms with Crippen LogP contribution in [0.4, 0.5) is 10.2 Å². The van der Waals surface area contributed by atoms with Gasteiger partial charge in [-0.05, 0) is 35.0 Å². The summed E-state index contributed by atoms with van der Waals surface area (Å²) >= 11 is 3.27. The van der Waals surface area contributed by atoms with Crippen molar-refractivity contribution < 1.29 is 9.13 Å². The first kappa shape index (κ1) is 12.7. The predicted molar refractivity (Wildman–Crippen MR) is 68.8 cm³/mol. The summed E-state index contributed by atoms with van der Waals surface area (Å²) in [6, 6.07) is 4.15. The van der Waals surface area contributed by atoms with Crippen molar-refractivity contribution in [2.24, 2.45) is 5.84 Å². The molecule has 0 saturated carbocycles. The number of nitrogens with one attached hydrogen (secondary N) is 1. The molecule has 1 aromatic heterocycles. The van der Waals surface area contributed by atoms with Crippen LogP contribution >= 0.6 is 15.9 Å². The number of hydrazine groups is 1. The smallest absolute Gasteiger partial charge is 0.227 e. The Morgan fingerprint density at radius 1 is 1.39 bits per heavy atom. The van der Waals surface area contributed by atoms with E-state index in [0.29, 0.717) is 27.5 Å². The molecule has 0 aliphatic rings. The van der Waals surface area contributed by atoms with Crippen molar-refractivity contribution in [3.05, 3.63) is 40.4 Å². The van der Waals surface area contributed by atoms with E-state index in [0.717, 1.165) is 0 Å². The molecule has 0 unspecified atom stereocenters. The Bertz CT molecular complexity index is 579. The van der Waals surface area contributed by atoms with E-state index in [1.165, 1.54) is 18.5 Å². The normalized spacial score (nSPS) is 10.2. The topological polar surface area (TPSA) is 73.1 Å². The van der Waals surface area contributed by atoms with Gasteiger partial charge >= 0.3 is 0 Å². The SMILES string of the molecule is Cc1c(NN)ncnc1Oc1cc(F)ccc1Br. The molecule has 3 N–H and O–H groups in total. The Hall–Kier alpha value is -1.73. The zero-order valence-corrected chi connectivity index (χ0v) is 11.0. The highest BCUT2D eigenvalue weighted by Crippen LogP contribution is 2.31. The highest BCUT2D eigenvalue weighted by Gasteiger charge is 2.10. The number of nitrogens with zero attached hydrogens (tertiary/aromatic N) is 2. The lowest BCUT2D eigenvalue weighted by atomic mass is 10.3. The van der Waals surface area contributed by atoms with Crippen molar-refractivity contribution in [2.45, 2.75) is 6.92 Å². The molecule has 0 saturated heterocycles. The monoisotopic (exact) mass is 312 g/mol. The molecule has 94 valence electrons. The van der Waals surface area contributed by atoms with Crippen molar-refractivity contribution in [3.8, 4) is 11.6 Å². The fraction of sp³-hybridized carbons (Fsp3) is 0.0909. The van der Waals surface area contributed by atoms with E-state index < -0.39 is 5.82 Å². The third-order valence-corrected chi connectivity index (χ3v) is 2.93. The molecule has 0 spiro atoms. The summed E-state index contributed by atoms with van der Waals surface area (Å²) in [4.78, 5) is 7.91.